The smallest absolute Gasteiger partial charge is 0.312 e. The van der Waals surface area contributed by atoms with Crippen LogP contribution in [0.2, 0.25) is 0 Å². The molecule has 0 saturated carbocycles. The van der Waals surface area contributed by atoms with Crippen molar-refractivity contribution in [3.05, 3.63) is 46.5 Å². The van der Waals surface area contributed by atoms with E-state index in [1.807, 2.05) is 32.2 Å². The Balaban J connectivity index is -0.000000273. The molecule has 0 heterocycles. The fraction of sp³-hybridized carbons (Fsp3) is 0.366. The standard InChI is InChI=1S/C41H40O4S3.11H2/c1-11-12-13-14-15-16-17-18-19-20-23-47-25-22-39(43)45-35-27-31(3)37(29-33(35)41(7,8)9)48-36-28-32(40(4,5)6)34(26-30(36)2)44-38(42)21-24-46-10;;;;;;;;;;;/h1,26-29H,21-22,24-25H2,2-10H3;11*1H. The molecular weight excluding hydrogens is 653 g/mol. The van der Waals surface area contributed by atoms with Gasteiger partial charge in [-0.25, -0.2) is 0 Å². The summed E-state index contributed by atoms with van der Waals surface area (Å²) in [6, 6.07) is 8.16. The third-order valence-electron chi connectivity index (χ3n) is 6.45. The van der Waals surface area contributed by atoms with E-state index in [9.17, 15) is 9.59 Å². The van der Waals surface area contributed by atoms with Crippen molar-refractivity contribution in [2.24, 2.45) is 0 Å². The maximum Gasteiger partial charge on any atom is 0.312 e. The maximum atomic E-state index is 12.8. The summed E-state index contributed by atoms with van der Waals surface area (Å²) in [4.78, 5) is 27.4. The van der Waals surface area contributed by atoms with Crippen LogP contribution in [0.3, 0.4) is 0 Å². The predicted molar refractivity (Wildman–Crippen MR) is 226 cm³/mol. The number of rotatable bonds is 10. The summed E-state index contributed by atoms with van der Waals surface area (Å²) in [5.74, 6) is 26.8. The zero-order chi connectivity index (χ0) is 35.7. The molecule has 4 nitrogen and oxygen atoms in total. The summed E-state index contributed by atoms with van der Waals surface area (Å²) in [6.07, 6.45) is 7.54. The molecule has 7 heteroatoms. The van der Waals surface area contributed by atoms with Crippen LogP contribution in [0.1, 0.15) is 92.3 Å². The third kappa shape index (κ3) is 13.9. The van der Waals surface area contributed by atoms with Crippen LogP contribution < -0.4 is 9.47 Å². The Labute approximate surface area is 316 Å². The molecule has 0 saturated heterocycles. The molecule has 2 rings (SSSR count). The molecule has 0 unspecified atom stereocenters. The molecule has 0 aromatic heterocycles. The van der Waals surface area contributed by atoms with E-state index in [1.54, 1.807) is 23.5 Å². The van der Waals surface area contributed by atoms with Crippen LogP contribution in [0.4, 0.5) is 0 Å². The number of esters is 2. The lowest BCUT2D eigenvalue weighted by Gasteiger charge is -2.26. The van der Waals surface area contributed by atoms with Crippen molar-refractivity contribution in [2.75, 3.05) is 17.8 Å². The van der Waals surface area contributed by atoms with Crippen molar-refractivity contribution < 1.29 is 34.8 Å². The fourth-order valence-corrected chi connectivity index (χ4v) is 5.93. The summed E-state index contributed by atoms with van der Waals surface area (Å²) >= 11 is 4.57. The Morgan fingerprint density at radius 3 is 1.52 bits per heavy atom. The first-order valence-corrected chi connectivity index (χ1v) is 18.3. The van der Waals surface area contributed by atoms with Crippen LogP contribution in [0.25, 0.3) is 0 Å². The summed E-state index contributed by atoms with van der Waals surface area (Å²) in [7, 11) is 0. The Kier molecular flexibility index (Phi) is 16.3. The molecule has 2 aromatic rings. The summed E-state index contributed by atoms with van der Waals surface area (Å²) in [6.45, 7) is 16.7. The lowest BCUT2D eigenvalue weighted by atomic mass is 9.85. The van der Waals surface area contributed by atoms with E-state index in [0.29, 0.717) is 23.7 Å². The quantitative estimate of drug-likeness (QED) is 0.105. The van der Waals surface area contributed by atoms with Crippen LogP contribution in [0, 0.1) is 84.7 Å². The highest BCUT2D eigenvalue weighted by Gasteiger charge is 2.25. The summed E-state index contributed by atoms with van der Waals surface area (Å²) in [5, 5.41) is 2.85. The van der Waals surface area contributed by atoms with E-state index in [4.69, 9.17) is 15.9 Å². The zero-order valence-corrected chi connectivity index (χ0v) is 31.5. The van der Waals surface area contributed by atoms with Crippen molar-refractivity contribution in [3.63, 3.8) is 0 Å². The minimum Gasteiger partial charge on any atom is -0.426 e. The van der Waals surface area contributed by atoms with Gasteiger partial charge in [-0.05, 0) is 131 Å². The molecule has 268 valence electrons. The molecule has 0 aliphatic carbocycles. The van der Waals surface area contributed by atoms with Crippen LogP contribution in [0.5, 0.6) is 11.5 Å². The van der Waals surface area contributed by atoms with E-state index < -0.39 is 0 Å². The van der Waals surface area contributed by atoms with Crippen LogP contribution >= 0.6 is 35.3 Å². The van der Waals surface area contributed by atoms with Gasteiger partial charge in [-0.3, -0.25) is 9.59 Å². The second-order valence-corrected chi connectivity index (χ2v) is 15.5. The van der Waals surface area contributed by atoms with Gasteiger partial charge in [-0.1, -0.05) is 65.1 Å². The van der Waals surface area contributed by atoms with Crippen LogP contribution in [0.15, 0.2) is 34.1 Å². The van der Waals surface area contributed by atoms with E-state index in [2.05, 4.69) is 118 Å². The molecule has 2 aromatic carbocycles. The number of thioether (sulfide) groups is 2. The monoisotopic (exact) mass is 714 g/mol. The predicted octanol–water partition coefficient (Wildman–Crippen LogP) is 11.1. The second kappa shape index (κ2) is 19.6. The van der Waals surface area contributed by atoms with Crippen molar-refractivity contribution in [1.82, 2.24) is 0 Å². The van der Waals surface area contributed by atoms with Gasteiger partial charge in [0, 0.05) is 48.1 Å². The Morgan fingerprint density at radius 1 is 0.688 bits per heavy atom. The van der Waals surface area contributed by atoms with Gasteiger partial charge in [0.2, 0.25) is 0 Å². The summed E-state index contributed by atoms with van der Waals surface area (Å²) < 4.78 is 11.7. The number of aryl methyl sites for hydroxylation is 2. The normalized spacial score (nSPS) is 10.1. The van der Waals surface area contributed by atoms with Crippen molar-refractivity contribution in [1.29, 1.82) is 0 Å². The Morgan fingerprint density at radius 2 is 1.10 bits per heavy atom. The highest BCUT2D eigenvalue weighted by atomic mass is 32.2. The van der Waals surface area contributed by atoms with E-state index >= 15 is 0 Å². The lowest BCUT2D eigenvalue weighted by molar-refractivity contribution is -0.134. The molecule has 0 N–H and O–H groups in total. The van der Waals surface area contributed by atoms with Gasteiger partial charge in [-0.15, -0.1) is 6.42 Å². The zero-order valence-electron chi connectivity index (χ0n) is 29.1. The van der Waals surface area contributed by atoms with E-state index in [-0.39, 0.29) is 44.9 Å². The first-order valence-electron chi connectivity index (χ1n) is 15.1. The molecule has 48 heavy (non-hydrogen) atoms. The molecule has 0 bridgehead atoms. The molecule has 0 aliphatic heterocycles. The number of terminal acetylenes is 1. The van der Waals surface area contributed by atoms with E-state index in [0.717, 1.165) is 37.8 Å². The Hall–Kier alpha value is -4.21. The molecule has 0 spiro atoms. The Bertz CT molecular complexity index is 1920. The topological polar surface area (TPSA) is 52.6 Å². The van der Waals surface area contributed by atoms with Gasteiger partial charge in [0.1, 0.15) is 11.5 Å². The molecule has 0 radical (unpaired) electrons. The average molecular weight is 715 g/mol. The van der Waals surface area contributed by atoms with E-state index in [1.165, 1.54) is 11.8 Å². The number of hydrogen-bond donors (Lipinski definition) is 0. The average Bonchev–Trinajstić information content (AvgIpc) is 2.99. The highest BCUT2D eigenvalue weighted by molar-refractivity contribution is 8.03. The van der Waals surface area contributed by atoms with Crippen molar-refractivity contribution in [3.8, 4) is 82.4 Å². The first kappa shape index (κ1) is 40.0. The van der Waals surface area contributed by atoms with Gasteiger partial charge in [0.15, 0.2) is 0 Å². The molecule has 0 aliphatic rings. The van der Waals surface area contributed by atoms with Gasteiger partial charge in [-0.2, -0.15) is 11.8 Å². The molecule has 0 fully saturated rings. The SMILES string of the molecule is C#CC#CC#CC#CC#CC#CSCCC(=O)Oc1cc(C)c(Sc2cc(C(C)(C)C)c(OC(=O)CCSC)cc2C)cc1C(C)(C)C.[HH].[HH].[HH].[HH].[HH].[HH].[HH].[HH].[HH].[HH].[HH]. The minimum atomic E-state index is -0.327. The van der Waals surface area contributed by atoms with Gasteiger partial charge >= 0.3 is 11.9 Å². The maximum absolute atomic E-state index is 12.8. The molecule has 0 amide bonds. The van der Waals surface area contributed by atoms with Gasteiger partial charge < -0.3 is 9.47 Å². The van der Waals surface area contributed by atoms with Gasteiger partial charge in [0.05, 0.1) is 12.8 Å². The van der Waals surface area contributed by atoms with Crippen molar-refractivity contribution in [2.45, 2.75) is 88.9 Å². The highest BCUT2D eigenvalue weighted by Crippen LogP contribution is 2.43. The fourth-order valence-electron chi connectivity index (χ4n) is 4.04. The number of hydrogen-bond acceptors (Lipinski definition) is 7. The molecule has 0 atom stereocenters. The van der Waals surface area contributed by atoms with Crippen molar-refractivity contribution >= 4 is 47.2 Å². The minimum absolute atomic E-state index is 0. The van der Waals surface area contributed by atoms with Crippen LogP contribution in [-0.2, 0) is 20.4 Å². The number of benzene rings is 2. The van der Waals surface area contributed by atoms with Crippen LogP contribution in [-0.4, -0.2) is 29.7 Å². The summed E-state index contributed by atoms with van der Waals surface area (Å²) in [5.41, 5.74) is 3.42. The molecular formula is C41H62O4S3. The number of ether oxygens (including phenoxy) is 2. The third-order valence-corrected chi connectivity index (χ3v) is 9.04. The second-order valence-electron chi connectivity index (χ2n) is 12.5. The number of carbonyl (C=O) groups is 2. The lowest BCUT2D eigenvalue weighted by Crippen LogP contribution is -2.17. The van der Waals surface area contributed by atoms with Gasteiger partial charge in [0.25, 0.3) is 0 Å². The first-order chi connectivity index (χ1) is 22.7. The number of carbonyl (C=O) groups excluding carboxylic acids is 2. The largest absolute Gasteiger partial charge is 0.426 e.